The molecular formula is C14H22ClN3. The Balaban J connectivity index is 1.92. The predicted molar refractivity (Wildman–Crippen MR) is 76.1 cm³/mol. The Morgan fingerprint density at radius 2 is 1.78 bits per heavy atom. The minimum Gasteiger partial charge on any atom is -0.368 e. The van der Waals surface area contributed by atoms with E-state index in [0.717, 1.165) is 35.3 Å². The van der Waals surface area contributed by atoms with Gasteiger partial charge in [0.05, 0.1) is 0 Å². The van der Waals surface area contributed by atoms with Gasteiger partial charge in [0, 0.05) is 6.54 Å². The van der Waals surface area contributed by atoms with E-state index in [9.17, 15) is 0 Å². The van der Waals surface area contributed by atoms with E-state index in [1.165, 1.54) is 25.7 Å². The Hall–Kier alpha value is -0.830. The molecule has 1 heterocycles. The van der Waals surface area contributed by atoms with Crippen molar-refractivity contribution in [3.63, 3.8) is 0 Å². The Bertz CT molecular complexity index is 412. The monoisotopic (exact) mass is 267 g/mol. The third-order valence-corrected chi connectivity index (χ3v) is 4.52. The minimum absolute atomic E-state index is 0.504. The summed E-state index contributed by atoms with van der Waals surface area (Å²) in [4.78, 5) is 0. The molecule has 18 heavy (non-hydrogen) atoms. The topological polar surface area (TPSA) is 37.8 Å². The van der Waals surface area contributed by atoms with Crippen LogP contribution in [0, 0.1) is 25.7 Å². The van der Waals surface area contributed by atoms with Gasteiger partial charge in [0.25, 0.3) is 0 Å². The first-order valence-electron chi connectivity index (χ1n) is 6.81. The molecule has 4 heteroatoms. The highest BCUT2D eigenvalue weighted by Crippen LogP contribution is 2.29. The van der Waals surface area contributed by atoms with Gasteiger partial charge >= 0.3 is 0 Å². The molecule has 1 fully saturated rings. The smallest absolute Gasteiger partial charge is 0.155 e. The second-order valence-electron chi connectivity index (χ2n) is 5.60. The van der Waals surface area contributed by atoms with Gasteiger partial charge < -0.3 is 5.32 Å². The molecule has 0 atom stereocenters. The molecule has 1 aromatic rings. The van der Waals surface area contributed by atoms with Gasteiger partial charge in [-0.15, -0.1) is 10.2 Å². The van der Waals surface area contributed by atoms with Crippen molar-refractivity contribution < 1.29 is 0 Å². The maximum Gasteiger partial charge on any atom is 0.155 e. The molecule has 0 unspecified atom stereocenters. The molecule has 1 N–H and O–H groups in total. The quantitative estimate of drug-likeness (QED) is 0.900. The summed E-state index contributed by atoms with van der Waals surface area (Å²) < 4.78 is 0. The summed E-state index contributed by atoms with van der Waals surface area (Å²) in [5, 5.41) is 12.1. The van der Waals surface area contributed by atoms with Gasteiger partial charge in [-0.25, -0.2) is 0 Å². The van der Waals surface area contributed by atoms with Crippen LogP contribution in [0.2, 0.25) is 5.15 Å². The highest BCUT2D eigenvalue weighted by Gasteiger charge is 2.18. The van der Waals surface area contributed by atoms with E-state index in [0.29, 0.717) is 5.15 Å². The highest BCUT2D eigenvalue weighted by atomic mass is 35.5. The Kier molecular flexibility index (Phi) is 4.44. The fourth-order valence-corrected chi connectivity index (χ4v) is 2.70. The minimum atomic E-state index is 0.504. The Morgan fingerprint density at radius 1 is 1.11 bits per heavy atom. The lowest BCUT2D eigenvalue weighted by Gasteiger charge is -2.26. The Labute approximate surface area is 114 Å². The van der Waals surface area contributed by atoms with Crippen molar-refractivity contribution in [3.8, 4) is 0 Å². The van der Waals surface area contributed by atoms with Crippen molar-refractivity contribution >= 4 is 17.4 Å². The first kappa shape index (κ1) is 13.6. The second-order valence-corrected chi connectivity index (χ2v) is 5.95. The van der Waals surface area contributed by atoms with E-state index in [1.54, 1.807) is 0 Å². The summed E-state index contributed by atoms with van der Waals surface area (Å²) in [6.07, 6.45) is 5.37. The van der Waals surface area contributed by atoms with E-state index in [-0.39, 0.29) is 0 Å². The van der Waals surface area contributed by atoms with Crippen LogP contribution in [0.4, 0.5) is 5.82 Å². The largest absolute Gasteiger partial charge is 0.368 e. The van der Waals surface area contributed by atoms with Gasteiger partial charge in [-0.1, -0.05) is 31.4 Å². The first-order valence-corrected chi connectivity index (χ1v) is 7.19. The lowest BCUT2D eigenvalue weighted by atomic mass is 9.83. The van der Waals surface area contributed by atoms with E-state index >= 15 is 0 Å². The maximum atomic E-state index is 5.95. The summed E-state index contributed by atoms with van der Waals surface area (Å²) >= 11 is 5.95. The fourth-order valence-electron chi connectivity index (χ4n) is 2.52. The number of nitrogens with zero attached hydrogens (tertiary/aromatic N) is 2. The second kappa shape index (κ2) is 5.87. The van der Waals surface area contributed by atoms with Crippen LogP contribution in [0.3, 0.4) is 0 Å². The fraction of sp³-hybridized carbons (Fsp3) is 0.714. The van der Waals surface area contributed by atoms with Gasteiger partial charge in [0.15, 0.2) is 11.0 Å². The number of halogens is 1. The predicted octanol–water partition coefficient (Wildman–Crippen LogP) is 3.99. The van der Waals surface area contributed by atoms with Crippen LogP contribution >= 0.6 is 11.6 Å². The van der Waals surface area contributed by atoms with Crippen LogP contribution in [0.1, 0.15) is 43.7 Å². The molecule has 3 nitrogen and oxygen atoms in total. The molecule has 0 aromatic carbocycles. The van der Waals surface area contributed by atoms with Crippen molar-refractivity contribution in [1.29, 1.82) is 0 Å². The molecule has 1 aliphatic carbocycles. The zero-order valence-electron chi connectivity index (χ0n) is 11.5. The number of aromatic nitrogens is 2. The lowest BCUT2D eigenvalue weighted by molar-refractivity contribution is 0.300. The van der Waals surface area contributed by atoms with E-state index in [1.807, 2.05) is 13.8 Å². The van der Waals surface area contributed by atoms with Gasteiger partial charge in [-0.2, -0.15) is 0 Å². The van der Waals surface area contributed by atoms with Gasteiger partial charge in [-0.05, 0) is 49.7 Å². The SMILES string of the molecule is Cc1c(Cl)nnc(NCC2CCC(C)CC2)c1C. The molecule has 0 bridgehead atoms. The highest BCUT2D eigenvalue weighted by molar-refractivity contribution is 6.30. The number of rotatable bonds is 3. The lowest BCUT2D eigenvalue weighted by Crippen LogP contribution is -2.21. The molecule has 100 valence electrons. The van der Waals surface area contributed by atoms with Crippen LogP contribution in [0.15, 0.2) is 0 Å². The summed E-state index contributed by atoms with van der Waals surface area (Å²) in [5.41, 5.74) is 2.13. The average molecular weight is 268 g/mol. The standard InChI is InChI=1S/C14H22ClN3/c1-9-4-6-12(7-5-9)8-16-14-11(3)10(2)13(15)17-18-14/h9,12H,4-8H2,1-3H3,(H,16,18). The number of hydrogen-bond donors (Lipinski definition) is 1. The molecule has 1 saturated carbocycles. The van der Waals surface area contributed by atoms with Crippen molar-refractivity contribution in [2.45, 2.75) is 46.5 Å². The summed E-state index contributed by atoms with van der Waals surface area (Å²) in [5.74, 6) is 2.56. The molecule has 0 amide bonds. The molecule has 0 aliphatic heterocycles. The van der Waals surface area contributed by atoms with E-state index < -0.39 is 0 Å². The summed E-state index contributed by atoms with van der Waals surface area (Å²) in [6.45, 7) is 7.38. The van der Waals surface area contributed by atoms with Crippen LogP contribution < -0.4 is 5.32 Å². The summed E-state index contributed by atoms with van der Waals surface area (Å²) in [7, 11) is 0. The molecule has 1 aromatic heterocycles. The molecule has 2 rings (SSSR count). The molecule has 0 radical (unpaired) electrons. The van der Waals surface area contributed by atoms with Crippen molar-refractivity contribution in [2.75, 3.05) is 11.9 Å². The van der Waals surface area contributed by atoms with Crippen molar-refractivity contribution in [2.24, 2.45) is 11.8 Å². The third kappa shape index (κ3) is 3.14. The van der Waals surface area contributed by atoms with Gasteiger partial charge in [0.2, 0.25) is 0 Å². The molecular weight excluding hydrogens is 246 g/mol. The summed E-state index contributed by atoms with van der Waals surface area (Å²) in [6, 6.07) is 0. The first-order chi connectivity index (χ1) is 8.58. The van der Waals surface area contributed by atoms with Gasteiger partial charge in [0.1, 0.15) is 0 Å². The number of anilines is 1. The zero-order valence-corrected chi connectivity index (χ0v) is 12.2. The molecule has 1 aliphatic rings. The van der Waals surface area contributed by atoms with Gasteiger partial charge in [-0.3, -0.25) is 0 Å². The van der Waals surface area contributed by atoms with Crippen molar-refractivity contribution in [3.05, 3.63) is 16.3 Å². The van der Waals surface area contributed by atoms with Crippen LogP contribution in [0.5, 0.6) is 0 Å². The number of hydrogen-bond acceptors (Lipinski definition) is 3. The zero-order chi connectivity index (χ0) is 13.1. The van der Waals surface area contributed by atoms with Crippen molar-refractivity contribution in [1.82, 2.24) is 10.2 Å². The van der Waals surface area contributed by atoms with Crippen LogP contribution in [-0.2, 0) is 0 Å². The van der Waals surface area contributed by atoms with E-state index in [4.69, 9.17) is 11.6 Å². The molecule has 0 spiro atoms. The molecule has 0 saturated heterocycles. The number of nitrogens with one attached hydrogen (secondary N) is 1. The maximum absolute atomic E-state index is 5.95. The van der Waals surface area contributed by atoms with E-state index in [2.05, 4.69) is 22.4 Å². The average Bonchev–Trinajstić information content (AvgIpc) is 2.37. The third-order valence-electron chi connectivity index (χ3n) is 4.16. The normalized spacial score (nSPS) is 24.0. The van der Waals surface area contributed by atoms with Crippen LogP contribution in [-0.4, -0.2) is 16.7 Å². The van der Waals surface area contributed by atoms with Crippen LogP contribution in [0.25, 0.3) is 0 Å². The Morgan fingerprint density at radius 3 is 2.44 bits per heavy atom.